The number of aliphatic hydroxyl groups excluding tert-OH is 1. The Morgan fingerprint density at radius 1 is 1.08 bits per heavy atom. The summed E-state index contributed by atoms with van der Waals surface area (Å²) in [5, 5.41) is 31.9. The van der Waals surface area contributed by atoms with Crippen LogP contribution in [0.2, 0.25) is 0 Å². The van der Waals surface area contributed by atoms with Crippen LogP contribution < -0.4 is 5.32 Å². The number of carbonyl (C=O) groups is 1. The molecule has 1 unspecified atom stereocenters. The maximum atomic E-state index is 13.2. The number of anilines is 1. The van der Waals surface area contributed by atoms with Crippen LogP contribution in [0.25, 0.3) is 10.8 Å². The fourth-order valence-electron chi connectivity index (χ4n) is 3.83. The molecule has 0 aromatic heterocycles. The van der Waals surface area contributed by atoms with Gasteiger partial charge in [0.2, 0.25) is 0 Å². The third kappa shape index (κ3) is 5.84. The summed E-state index contributed by atoms with van der Waals surface area (Å²) in [5.41, 5.74) is -3.96. The van der Waals surface area contributed by atoms with Crippen LogP contribution in [-0.4, -0.2) is 42.5 Å². The fourth-order valence-corrected chi connectivity index (χ4v) is 5.64. The van der Waals surface area contributed by atoms with E-state index in [9.17, 15) is 31.5 Å². The second kappa shape index (κ2) is 10.3. The van der Waals surface area contributed by atoms with Crippen LogP contribution >= 0.6 is 0 Å². The van der Waals surface area contributed by atoms with Gasteiger partial charge in [0.25, 0.3) is 5.91 Å². The summed E-state index contributed by atoms with van der Waals surface area (Å²) in [7, 11) is -4.24. The van der Waals surface area contributed by atoms with Crippen molar-refractivity contribution in [1.29, 1.82) is 5.26 Å². The quantitative estimate of drug-likeness (QED) is 0.414. The Kier molecular flexibility index (Phi) is 7.73. The summed E-state index contributed by atoms with van der Waals surface area (Å²) in [6.45, 7) is 0.919. The largest absolute Gasteiger partial charge is 0.417 e. The van der Waals surface area contributed by atoms with Crippen molar-refractivity contribution in [2.24, 2.45) is 0 Å². The zero-order chi connectivity index (χ0) is 26.7. The molecule has 0 spiro atoms. The molecule has 0 saturated carbocycles. The molecule has 3 N–H and O–H groups in total. The summed E-state index contributed by atoms with van der Waals surface area (Å²) in [6.07, 6.45) is -3.86. The van der Waals surface area contributed by atoms with E-state index in [2.05, 4.69) is 5.32 Å². The third-order valence-electron chi connectivity index (χ3n) is 5.58. The van der Waals surface area contributed by atoms with Gasteiger partial charge in [-0.25, -0.2) is 8.42 Å². The van der Waals surface area contributed by atoms with E-state index in [1.165, 1.54) is 12.1 Å². The number of benzene rings is 3. The highest BCUT2D eigenvalue weighted by Gasteiger charge is 2.38. The standard InChI is InChI=1S/C25H23F3N2O5S/c1-24(33,23(32)30-18-10-8-17(14-29)21(13-18)25(26,27)28)15-36(34,35)22-11-9-16(5-4-12-31)19-6-2-3-7-20(19)22/h2-3,6-11,13,31,33H,4-5,12,15H2,1H3,(H,30,32). The Balaban J connectivity index is 1.90. The molecule has 3 aromatic carbocycles. The van der Waals surface area contributed by atoms with E-state index >= 15 is 0 Å². The van der Waals surface area contributed by atoms with Crippen LogP contribution in [0.5, 0.6) is 0 Å². The van der Waals surface area contributed by atoms with E-state index in [0.29, 0.717) is 29.7 Å². The topological polar surface area (TPSA) is 127 Å². The van der Waals surface area contributed by atoms with E-state index < -0.39 is 44.4 Å². The number of nitrogens with one attached hydrogen (secondary N) is 1. The smallest absolute Gasteiger partial charge is 0.396 e. The minimum Gasteiger partial charge on any atom is -0.396 e. The minimum atomic E-state index is -4.86. The molecule has 3 rings (SSSR count). The van der Waals surface area contributed by atoms with Crippen LogP contribution in [0, 0.1) is 11.3 Å². The van der Waals surface area contributed by atoms with Crippen molar-refractivity contribution < 1.29 is 36.6 Å². The average molecular weight is 521 g/mol. The summed E-state index contributed by atoms with van der Waals surface area (Å²) in [6, 6.07) is 13.6. The maximum Gasteiger partial charge on any atom is 0.417 e. The maximum absolute atomic E-state index is 13.2. The molecular formula is C25H23F3N2O5S. The van der Waals surface area contributed by atoms with Gasteiger partial charge in [0, 0.05) is 17.7 Å². The fraction of sp³-hybridized carbons (Fsp3) is 0.280. The number of hydrogen-bond donors (Lipinski definition) is 3. The summed E-state index contributed by atoms with van der Waals surface area (Å²) in [5.74, 6) is -2.26. The molecule has 0 aliphatic carbocycles. The molecule has 1 amide bonds. The molecule has 36 heavy (non-hydrogen) atoms. The molecule has 0 fully saturated rings. The number of amides is 1. The molecule has 3 aromatic rings. The number of aryl methyl sites for hydroxylation is 1. The van der Waals surface area contributed by atoms with Gasteiger partial charge in [-0.2, -0.15) is 18.4 Å². The van der Waals surface area contributed by atoms with Crippen LogP contribution in [-0.2, 0) is 27.2 Å². The Hall–Kier alpha value is -3.46. The van der Waals surface area contributed by atoms with Crippen molar-refractivity contribution >= 4 is 32.2 Å². The molecule has 0 heterocycles. The number of fused-ring (bicyclic) bond motifs is 1. The van der Waals surface area contributed by atoms with Gasteiger partial charge in [0.05, 0.1) is 27.8 Å². The zero-order valence-electron chi connectivity index (χ0n) is 19.1. The van der Waals surface area contributed by atoms with Gasteiger partial charge in [0.1, 0.15) is 0 Å². The Labute approximate surface area is 205 Å². The highest BCUT2D eigenvalue weighted by atomic mass is 32.2. The first-order valence-electron chi connectivity index (χ1n) is 10.8. The van der Waals surface area contributed by atoms with Gasteiger partial charge >= 0.3 is 6.18 Å². The predicted octanol–water partition coefficient (Wildman–Crippen LogP) is 3.82. The normalized spacial score (nSPS) is 13.7. The molecule has 0 aliphatic heterocycles. The predicted molar refractivity (Wildman–Crippen MR) is 127 cm³/mol. The van der Waals surface area contributed by atoms with Crippen LogP contribution in [0.15, 0.2) is 59.5 Å². The first-order valence-corrected chi connectivity index (χ1v) is 12.4. The molecule has 190 valence electrons. The monoisotopic (exact) mass is 520 g/mol. The molecular weight excluding hydrogens is 497 g/mol. The molecule has 0 aliphatic rings. The van der Waals surface area contributed by atoms with Crippen molar-refractivity contribution in [3.63, 3.8) is 0 Å². The van der Waals surface area contributed by atoms with E-state index in [-0.39, 0.29) is 17.2 Å². The molecule has 11 heteroatoms. The van der Waals surface area contributed by atoms with Gasteiger partial charge in [-0.1, -0.05) is 30.3 Å². The molecule has 7 nitrogen and oxygen atoms in total. The molecule has 0 saturated heterocycles. The van der Waals surface area contributed by atoms with Crippen molar-refractivity contribution in [2.45, 2.75) is 36.4 Å². The number of rotatable bonds is 8. The molecule has 1 atom stereocenters. The number of nitrogens with zero attached hydrogens (tertiary/aromatic N) is 1. The van der Waals surface area contributed by atoms with Crippen LogP contribution in [0.1, 0.15) is 30.0 Å². The van der Waals surface area contributed by atoms with Crippen molar-refractivity contribution in [3.05, 3.63) is 71.3 Å². The first kappa shape index (κ1) is 27.1. The van der Waals surface area contributed by atoms with E-state index in [1.807, 2.05) is 0 Å². The second-order valence-electron chi connectivity index (χ2n) is 8.45. The number of nitriles is 1. The van der Waals surface area contributed by atoms with Gasteiger partial charge in [-0.15, -0.1) is 0 Å². The first-order chi connectivity index (χ1) is 16.8. The molecule has 0 bridgehead atoms. The SMILES string of the molecule is CC(O)(CS(=O)(=O)c1ccc(CCCO)c2ccccc12)C(=O)Nc1ccc(C#N)c(C(F)(F)F)c1. The van der Waals surface area contributed by atoms with E-state index in [0.717, 1.165) is 24.6 Å². The highest BCUT2D eigenvalue weighted by Crippen LogP contribution is 2.34. The average Bonchev–Trinajstić information content (AvgIpc) is 2.81. The lowest BCUT2D eigenvalue weighted by atomic mass is 10.0. The second-order valence-corrected chi connectivity index (χ2v) is 10.4. The number of sulfone groups is 1. The van der Waals surface area contributed by atoms with Crippen molar-refractivity contribution in [1.82, 2.24) is 0 Å². The van der Waals surface area contributed by atoms with Gasteiger partial charge < -0.3 is 15.5 Å². The van der Waals surface area contributed by atoms with Crippen LogP contribution in [0.3, 0.4) is 0 Å². The van der Waals surface area contributed by atoms with E-state index in [4.69, 9.17) is 10.4 Å². The Bertz CT molecular complexity index is 1440. The van der Waals surface area contributed by atoms with Crippen molar-refractivity contribution in [2.75, 3.05) is 17.7 Å². The van der Waals surface area contributed by atoms with Crippen molar-refractivity contribution in [3.8, 4) is 6.07 Å². The Morgan fingerprint density at radius 3 is 2.36 bits per heavy atom. The lowest BCUT2D eigenvalue weighted by molar-refractivity contribution is -0.137. The van der Waals surface area contributed by atoms with Gasteiger partial charge in [0.15, 0.2) is 15.4 Å². The number of hydrogen-bond acceptors (Lipinski definition) is 6. The Morgan fingerprint density at radius 2 is 1.75 bits per heavy atom. The lowest BCUT2D eigenvalue weighted by Crippen LogP contribution is -2.45. The highest BCUT2D eigenvalue weighted by molar-refractivity contribution is 7.91. The summed E-state index contributed by atoms with van der Waals surface area (Å²) >= 11 is 0. The van der Waals surface area contributed by atoms with Crippen LogP contribution in [0.4, 0.5) is 18.9 Å². The summed E-state index contributed by atoms with van der Waals surface area (Å²) in [4.78, 5) is 12.6. The zero-order valence-corrected chi connectivity index (χ0v) is 19.9. The van der Waals surface area contributed by atoms with Gasteiger partial charge in [-0.05, 0) is 55.0 Å². The van der Waals surface area contributed by atoms with Gasteiger partial charge in [-0.3, -0.25) is 4.79 Å². The minimum absolute atomic E-state index is 0.0317. The van der Waals surface area contributed by atoms with E-state index in [1.54, 1.807) is 30.3 Å². The lowest BCUT2D eigenvalue weighted by Gasteiger charge is -2.23. The summed E-state index contributed by atoms with van der Waals surface area (Å²) < 4.78 is 66.1. The molecule has 0 radical (unpaired) electrons. The number of halogens is 3. The third-order valence-corrected chi connectivity index (χ3v) is 7.55. The number of aliphatic hydroxyl groups is 2. The number of alkyl halides is 3. The number of carbonyl (C=O) groups excluding carboxylic acids is 1.